The Morgan fingerprint density at radius 3 is 3.00 bits per heavy atom. The van der Waals surface area contributed by atoms with Crippen LogP contribution in [-0.2, 0) is 11.2 Å². The number of nitrogens with zero attached hydrogens (tertiary/aromatic N) is 4. The summed E-state index contributed by atoms with van der Waals surface area (Å²) in [6, 6.07) is 0. The van der Waals surface area contributed by atoms with Crippen molar-refractivity contribution in [2.24, 2.45) is 5.92 Å². The van der Waals surface area contributed by atoms with Crippen molar-refractivity contribution in [1.29, 1.82) is 0 Å². The van der Waals surface area contributed by atoms with Crippen LogP contribution in [0.1, 0.15) is 12.6 Å². The van der Waals surface area contributed by atoms with Gasteiger partial charge in [0.25, 0.3) is 5.78 Å². The zero-order chi connectivity index (χ0) is 11.7. The van der Waals surface area contributed by atoms with Gasteiger partial charge in [-0.05, 0) is 0 Å². The molecule has 0 aromatic carbocycles. The van der Waals surface area contributed by atoms with Gasteiger partial charge in [0, 0.05) is 6.42 Å². The first-order chi connectivity index (χ1) is 7.59. The van der Waals surface area contributed by atoms with Crippen LogP contribution in [0.4, 0.5) is 0 Å². The molecule has 1 unspecified atom stereocenters. The monoisotopic (exact) mass is 240 g/mol. The molecule has 0 bridgehead atoms. The number of fused-ring (bicyclic) bond motifs is 1. The van der Waals surface area contributed by atoms with Gasteiger partial charge in [0.2, 0.25) is 0 Å². The van der Waals surface area contributed by atoms with E-state index in [1.807, 2.05) is 0 Å². The van der Waals surface area contributed by atoms with Crippen LogP contribution < -0.4 is 0 Å². The van der Waals surface area contributed by atoms with Crippen LogP contribution in [0.15, 0.2) is 12.4 Å². The highest BCUT2D eigenvalue weighted by molar-refractivity contribution is 6.30. The maximum absolute atomic E-state index is 10.7. The van der Waals surface area contributed by atoms with E-state index in [-0.39, 0.29) is 6.42 Å². The van der Waals surface area contributed by atoms with Gasteiger partial charge in [-0.2, -0.15) is 9.61 Å². The molecule has 1 atom stereocenters. The zero-order valence-corrected chi connectivity index (χ0v) is 9.22. The quantitative estimate of drug-likeness (QED) is 0.867. The van der Waals surface area contributed by atoms with Crippen LogP contribution in [0.25, 0.3) is 5.78 Å². The standard InChI is InChI=1S/C9H9ClN4O2/c1-5(8(15)16)4-6-7(10)14-9(13-6)11-2-3-12-14/h2-3,5H,4H2,1H3,(H,15,16). The lowest BCUT2D eigenvalue weighted by Crippen LogP contribution is -2.12. The molecule has 0 fully saturated rings. The number of carbonyl (C=O) groups is 1. The van der Waals surface area contributed by atoms with E-state index in [4.69, 9.17) is 16.7 Å². The second kappa shape index (κ2) is 4.05. The van der Waals surface area contributed by atoms with Crippen LogP contribution in [0.3, 0.4) is 0 Å². The predicted octanol–water partition coefficient (Wildman–Crippen LogP) is 1.04. The maximum Gasteiger partial charge on any atom is 0.306 e. The van der Waals surface area contributed by atoms with Crippen LogP contribution >= 0.6 is 11.6 Å². The average Bonchev–Trinajstić information content (AvgIpc) is 2.56. The Kier molecular flexibility index (Phi) is 2.74. The smallest absolute Gasteiger partial charge is 0.306 e. The number of carboxylic acids is 1. The average molecular weight is 241 g/mol. The zero-order valence-electron chi connectivity index (χ0n) is 8.46. The van der Waals surface area contributed by atoms with Gasteiger partial charge < -0.3 is 5.11 Å². The third-order valence-electron chi connectivity index (χ3n) is 2.21. The van der Waals surface area contributed by atoms with Crippen LogP contribution in [-0.4, -0.2) is 30.7 Å². The van der Waals surface area contributed by atoms with Crippen molar-refractivity contribution in [3.63, 3.8) is 0 Å². The highest BCUT2D eigenvalue weighted by atomic mass is 35.5. The van der Waals surface area contributed by atoms with Gasteiger partial charge in [-0.1, -0.05) is 18.5 Å². The third-order valence-corrected chi connectivity index (χ3v) is 2.59. The minimum absolute atomic E-state index is 0.263. The van der Waals surface area contributed by atoms with E-state index in [9.17, 15) is 4.79 Å². The third kappa shape index (κ3) is 1.83. The van der Waals surface area contributed by atoms with E-state index in [0.717, 1.165) is 0 Å². The molecule has 7 heteroatoms. The summed E-state index contributed by atoms with van der Waals surface area (Å²) in [5.74, 6) is -1.04. The van der Waals surface area contributed by atoms with Crippen molar-refractivity contribution in [2.75, 3.05) is 0 Å². The second-order valence-electron chi connectivity index (χ2n) is 3.45. The number of carboxylic acid groups (broad SMARTS) is 1. The highest BCUT2D eigenvalue weighted by Crippen LogP contribution is 2.18. The molecule has 0 aliphatic carbocycles. The molecule has 0 aliphatic rings. The van der Waals surface area contributed by atoms with E-state index in [1.165, 1.54) is 16.9 Å². The van der Waals surface area contributed by atoms with E-state index < -0.39 is 11.9 Å². The van der Waals surface area contributed by atoms with Crippen LogP contribution in [0.2, 0.25) is 5.15 Å². The summed E-state index contributed by atoms with van der Waals surface area (Å²) < 4.78 is 1.38. The summed E-state index contributed by atoms with van der Waals surface area (Å²) in [5.41, 5.74) is 0.503. The van der Waals surface area contributed by atoms with Crippen molar-refractivity contribution in [2.45, 2.75) is 13.3 Å². The van der Waals surface area contributed by atoms with Gasteiger partial charge in [-0.15, -0.1) is 0 Å². The number of hydrogen-bond acceptors (Lipinski definition) is 4. The van der Waals surface area contributed by atoms with Crippen molar-refractivity contribution >= 4 is 23.3 Å². The molecule has 0 aliphatic heterocycles. The Hall–Kier alpha value is -1.69. The first-order valence-corrected chi connectivity index (χ1v) is 5.04. The van der Waals surface area contributed by atoms with E-state index >= 15 is 0 Å². The normalized spacial score (nSPS) is 12.9. The number of imidazole rings is 1. The molecular formula is C9H9ClN4O2. The summed E-state index contributed by atoms with van der Waals surface area (Å²) in [5, 5.41) is 13.1. The number of aromatic nitrogens is 4. The molecule has 0 spiro atoms. The van der Waals surface area contributed by atoms with Gasteiger partial charge >= 0.3 is 5.97 Å². The SMILES string of the molecule is CC(Cc1nc2nccnn2c1Cl)C(=O)O. The van der Waals surface area contributed by atoms with Crippen molar-refractivity contribution in [3.05, 3.63) is 23.2 Å². The largest absolute Gasteiger partial charge is 0.481 e. The Morgan fingerprint density at radius 2 is 2.38 bits per heavy atom. The maximum atomic E-state index is 10.7. The van der Waals surface area contributed by atoms with E-state index in [2.05, 4.69) is 15.1 Å². The molecule has 0 radical (unpaired) electrons. The summed E-state index contributed by atoms with van der Waals surface area (Å²) in [7, 11) is 0. The molecule has 0 saturated heterocycles. The molecule has 2 heterocycles. The molecule has 6 nitrogen and oxygen atoms in total. The fourth-order valence-electron chi connectivity index (χ4n) is 1.31. The Balaban J connectivity index is 2.38. The highest BCUT2D eigenvalue weighted by Gasteiger charge is 2.18. The molecule has 0 saturated carbocycles. The van der Waals surface area contributed by atoms with Gasteiger partial charge in [-0.3, -0.25) is 4.79 Å². The number of aliphatic carboxylic acids is 1. The molecule has 2 rings (SSSR count). The first kappa shape index (κ1) is 10.8. The molecule has 16 heavy (non-hydrogen) atoms. The minimum Gasteiger partial charge on any atom is -0.481 e. The van der Waals surface area contributed by atoms with Gasteiger partial charge in [0.05, 0.1) is 24.0 Å². The Morgan fingerprint density at radius 1 is 1.62 bits per heavy atom. The van der Waals surface area contributed by atoms with E-state index in [1.54, 1.807) is 6.92 Å². The van der Waals surface area contributed by atoms with Crippen LogP contribution in [0.5, 0.6) is 0 Å². The van der Waals surface area contributed by atoms with Crippen LogP contribution in [0, 0.1) is 5.92 Å². The lowest BCUT2D eigenvalue weighted by atomic mass is 10.1. The first-order valence-electron chi connectivity index (χ1n) is 4.66. The lowest BCUT2D eigenvalue weighted by molar-refractivity contribution is -0.141. The minimum atomic E-state index is -0.881. The second-order valence-corrected chi connectivity index (χ2v) is 3.81. The van der Waals surface area contributed by atoms with Crippen molar-refractivity contribution in [3.8, 4) is 0 Å². The predicted molar refractivity (Wildman–Crippen MR) is 56.3 cm³/mol. The number of halogens is 1. The molecule has 84 valence electrons. The number of rotatable bonds is 3. The molecular weight excluding hydrogens is 232 g/mol. The molecule has 1 N–H and O–H groups in total. The molecule has 2 aromatic rings. The summed E-state index contributed by atoms with van der Waals surface area (Å²) in [4.78, 5) is 18.8. The number of hydrogen-bond donors (Lipinski definition) is 1. The topological polar surface area (TPSA) is 80.4 Å². The van der Waals surface area contributed by atoms with Gasteiger partial charge in [0.1, 0.15) is 0 Å². The summed E-state index contributed by atoms with van der Waals surface area (Å²) in [6.45, 7) is 1.60. The fourth-order valence-corrected chi connectivity index (χ4v) is 1.55. The fraction of sp³-hybridized carbons (Fsp3) is 0.333. The summed E-state index contributed by atoms with van der Waals surface area (Å²) in [6.07, 6.45) is 3.26. The Labute approximate surface area is 95.9 Å². The summed E-state index contributed by atoms with van der Waals surface area (Å²) >= 11 is 6.01. The molecule has 0 amide bonds. The van der Waals surface area contributed by atoms with Gasteiger partial charge in [-0.25, -0.2) is 9.97 Å². The van der Waals surface area contributed by atoms with Gasteiger partial charge in [0.15, 0.2) is 5.15 Å². The lowest BCUT2D eigenvalue weighted by Gasteiger charge is -2.02. The van der Waals surface area contributed by atoms with E-state index in [0.29, 0.717) is 16.6 Å². The van der Waals surface area contributed by atoms with Crippen molar-refractivity contribution < 1.29 is 9.90 Å². The Bertz CT molecular complexity index is 539. The van der Waals surface area contributed by atoms with Crippen molar-refractivity contribution in [1.82, 2.24) is 19.6 Å². The molecule has 2 aromatic heterocycles.